The molecule has 0 aliphatic carbocycles. The first-order valence-electron chi connectivity index (χ1n) is 21.6. The Morgan fingerprint density at radius 2 is 0.694 bits per heavy atom. The summed E-state index contributed by atoms with van der Waals surface area (Å²) in [6, 6.07) is -4.14. The summed E-state index contributed by atoms with van der Waals surface area (Å²) in [5, 5.41) is 101. The molecule has 394 valence electrons. The molecule has 7 amide bonds. The summed E-state index contributed by atoms with van der Waals surface area (Å²) in [6.45, 7) is -2.42. The Hall–Kier alpha value is -8.44. The number of benzene rings is 2. The minimum Gasteiger partial charge on any atom is -0.508 e. The normalized spacial score (nSPS) is 14.2. The molecule has 0 fully saturated rings. The number of aromatic hydroxyl groups is 2. The summed E-state index contributed by atoms with van der Waals surface area (Å²) < 4.78 is 0. The maximum atomic E-state index is 14.0. The topological polar surface area (TPSA) is 497 Å². The molecule has 0 radical (unpaired) electrons. The van der Waals surface area contributed by atoms with Gasteiger partial charge in [0.05, 0.1) is 25.7 Å². The SMILES string of the molecule is N[C@@H](Cc1ccc(O)cc1)C(=O)N[C@@H](CC(=O)O)C(=O)N[C@@H](CO)C(=O)N[C@@H](CCC(=O)O)C(=O)N[C@@H](Cc1ccc(O)cc1)C(=O)N[C@@H](CCC(=O)O)C(=O)N[C@@H](CO)C(=O)N[C@@H](CCC(=O)O)C(=O)O. The van der Waals surface area contributed by atoms with E-state index >= 15 is 0 Å². The molecule has 0 aliphatic heterocycles. The number of nitrogens with one attached hydrogen (secondary N) is 7. The molecule has 0 unspecified atom stereocenters. The molecule has 0 saturated heterocycles. The molecule has 29 heteroatoms. The number of hydrogen-bond acceptors (Lipinski definition) is 17. The number of rotatable bonds is 32. The van der Waals surface area contributed by atoms with E-state index in [4.69, 9.17) is 10.8 Å². The summed E-state index contributed by atoms with van der Waals surface area (Å²) in [4.78, 5) is 152. The minimum absolute atomic E-state index is 0.0789. The van der Waals surface area contributed by atoms with Gasteiger partial charge >= 0.3 is 29.8 Å². The van der Waals surface area contributed by atoms with Crippen LogP contribution in [0.25, 0.3) is 0 Å². The van der Waals surface area contributed by atoms with Gasteiger partial charge in [-0.1, -0.05) is 24.3 Å². The number of phenolic OH excluding ortho intramolecular Hbond substituents is 2. The van der Waals surface area contributed by atoms with Gasteiger partial charge in [-0.3, -0.25) is 52.7 Å². The second-order valence-electron chi connectivity index (χ2n) is 15.9. The Labute approximate surface area is 407 Å². The van der Waals surface area contributed by atoms with Gasteiger partial charge in [-0.15, -0.1) is 0 Å². The van der Waals surface area contributed by atoms with Gasteiger partial charge in [-0.05, 0) is 61.1 Å². The van der Waals surface area contributed by atoms with Crippen LogP contribution in [0, 0.1) is 0 Å². The van der Waals surface area contributed by atoms with Crippen LogP contribution in [-0.4, -0.2) is 179 Å². The summed E-state index contributed by atoms with van der Waals surface area (Å²) in [5.74, 6) is -16.9. The van der Waals surface area contributed by atoms with E-state index in [9.17, 15) is 98.4 Å². The number of hydrogen-bond donors (Lipinski definition) is 17. The lowest BCUT2D eigenvalue weighted by atomic mass is 10.0. The fourth-order valence-electron chi connectivity index (χ4n) is 6.34. The van der Waals surface area contributed by atoms with Crippen molar-refractivity contribution >= 4 is 71.2 Å². The molecule has 0 spiro atoms. The molecular formula is C43H56N8O21. The molecule has 2 aromatic carbocycles. The van der Waals surface area contributed by atoms with Gasteiger partial charge in [0.1, 0.15) is 53.8 Å². The van der Waals surface area contributed by atoms with Crippen LogP contribution in [0.2, 0.25) is 0 Å². The third-order valence-corrected chi connectivity index (χ3v) is 10.2. The molecule has 72 heavy (non-hydrogen) atoms. The smallest absolute Gasteiger partial charge is 0.326 e. The van der Waals surface area contributed by atoms with Crippen molar-refractivity contribution in [3.8, 4) is 11.5 Å². The number of carboxylic acid groups (broad SMARTS) is 5. The molecule has 2 rings (SSSR count). The van der Waals surface area contributed by atoms with Crippen LogP contribution in [0.4, 0.5) is 0 Å². The van der Waals surface area contributed by atoms with E-state index in [0.29, 0.717) is 5.56 Å². The first-order chi connectivity index (χ1) is 33.8. The molecule has 0 bridgehead atoms. The van der Waals surface area contributed by atoms with E-state index in [1.54, 1.807) is 0 Å². The second-order valence-corrected chi connectivity index (χ2v) is 15.9. The van der Waals surface area contributed by atoms with E-state index in [0.717, 1.165) is 0 Å². The lowest BCUT2D eigenvalue weighted by molar-refractivity contribution is -0.144. The fraction of sp³-hybridized carbons (Fsp3) is 0.442. The number of phenols is 2. The number of amides is 7. The predicted octanol–water partition coefficient (Wildman–Crippen LogP) is -5.26. The highest BCUT2D eigenvalue weighted by atomic mass is 16.4. The highest BCUT2D eigenvalue weighted by Crippen LogP contribution is 2.14. The van der Waals surface area contributed by atoms with E-state index in [1.165, 1.54) is 48.5 Å². The molecule has 0 aromatic heterocycles. The Balaban J connectivity index is 2.40. The average molecular weight is 1020 g/mol. The minimum atomic E-state index is -2.01. The monoisotopic (exact) mass is 1020 g/mol. The maximum absolute atomic E-state index is 14.0. The van der Waals surface area contributed by atoms with Gasteiger partial charge in [0, 0.05) is 25.7 Å². The van der Waals surface area contributed by atoms with Gasteiger partial charge in [-0.2, -0.15) is 0 Å². The fourth-order valence-corrected chi connectivity index (χ4v) is 6.34. The lowest BCUT2D eigenvalue weighted by Gasteiger charge is -2.27. The zero-order chi connectivity index (χ0) is 54.2. The Kier molecular flexibility index (Phi) is 24.5. The number of aliphatic hydroxyl groups is 2. The van der Waals surface area contributed by atoms with Crippen LogP contribution in [0.1, 0.15) is 56.1 Å². The third-order valence-electron chi connectivity index (χ3n) is 10.2. The Morgan fingerprint density at radius 3 is 1.07 bits per heavy atom. The first-order valence-corrected chi connectivity index (χ1v) is 21.6. The third kappa shape index (κ3) is 21.5. The average Bonchev–Trinajstić information content (AvgIpc) is 3.31. The van der Waals surface area contributed by atoms with Crippen molar-refractivity contribution in [3.05, 3.63) is 59.7 Å². The van der Waals surface area contributed by atoms with E-state index in [-0.39, 0.29) is 23.5 Å². The van der Waals surface area contributed by atoms with Crippen LogP contribution < -0.4 is 43.0 Å². The largest absolute Gasteiger partial charge is 0.508 e. The molecule has 0 heterocycles. The molecule has 0 saturated carbocycles. The predicted molar refractivity (Wildman–Crippen MR) is 240 cm³/mol. The van der Waals surface area contributed by atoms with Gasteiger partial charge in [0.2, 0.25) is 41.4 Å². The standard InChI is InChI=1S/C43H56N8O21/c44-24(15-20-1-5-22(54)6-2-20)36(64)48-29(17-35(62)63)40(68)51-30(18-52)41(69)46-25(9-12-32(56)57)37(65)49-28(16-21-3-7-23(55)8-4-21)39(67)45-26(10-13-33(58)59)38(66)50-31(19-53)42(70)47-27(43(71)72)11-14-34(60)61/h1-8,24-31,52-55H,9-19,44H2,(H,45,67)(H,46,69)(H,47,70)(H,48,64)(H,49,65)(H,50,66)(H,51,68)(H,56,57)(H,58,59)(H,60,61)(H,62,63)(H,71,72)/t24-,25-,26-,27-,28-,29-,30-,31-/m0/s1. The van der Waals surface area contributed by atoms with Crippen LogP contribution in [-0.2, 0) is 70.4 Å². The van der Waals surface area contributed by atoms with Gasteiger partial charge in [-0.25, -0.2) is 4.79 Å². The van der Waals surface area contributed by atoms with Crippen LogP contribution in [0.3, 0.4) is 0 Å². The summed E-state index contributed by atoms with van der Waals surface area (Å²) >= 11 is 0. The molecule has 2 aromatic rings. The van der Waals surface area contributed by atoms with E-state index in [2.05, 4.69) is 21.3 Å². The quantitative estimate of drug-likeness (QED) is 0.0326. The molecule has 8 atom stereocenters. The lowest BCUT2D eigenvalue weighted by Crippen LogP contribution is -2.61. The molecule has 0 aliphatic rings. The van der Waals surface area contributed by atoms with Crippen LogP contribution >= 0.6 is 0 Å². The number of carbonyl (C=O) groups excluding carboxylic acids is 7. The number of nitrogens with two attached hydrogens (primary N) is 1. The zero-order valence-corrected chi connectivity index (χ0v) is 38.0. The van der Waals surface area contributed by atoms with Gasteiger partial charge < -0.3 is 88.9 Å². The van der Waals surface area contributed by atoms with Crippen molar-refractivity contribution in [3.63, 3.8) is 0 Å². The molecular weight excluding hydrogens is 965 g/mol. The zero-order valence-electron chi connectivity index (χ0n) is 38.0. The van der Waals surface area contributed by atoms with Crippen molar-refractivity contribution in [2.45, 2.75) is 106 Å². The van der Waals surface area contributed by atoms with Gasteiger partial charge in [0.15, 0.2) is 0 Å². The highest BCUT2D eigenvalue weighted by Gasteiger charge is 2.35. The summed E-state index contributed by atoms with van der Waals surface area (Å²) in [5.41, 5.74) is 6.64. The molecule has 29 nitrogen and oxygen atoms in total. The Bertz CT molecular complexity index is 2280. The molecule has 18 N–H and O–H groups in total. The van der Waals surface area contributed by atoms with Gasteiger partial charge in [0.25, 0.3) is 0 Å². The maximum Gasteiger partial charge on any atom is 0.326 e. The number of carboxylic acids is 5. The summed E-state index contributed by atoms with van der Waals surface area (Å²) in [7, 11) is 0. The van der Waals surface area contributed by atoms with Crippen molar-refractivity contribution in [1.82, 2.24) is 37.2 Å². The second kappa shape index (κ2) is 29.6. The van der Waals surface area contributed by atoms with Crippen LogP contribution in [0.15, 0.2) is 48.5 Å². The van der Waals surface area contributed by atoms with Crippen LogP contribution in [0.5, 0.6) is 11.5 Å². The number of aliphatic carboxylic acids is 5. The van der Waals surface area contributed by atoms with E-state index in [1.807, 2.05) is 16.0 Å². The Morgan fingerprint density at radius 1 is 0.389 bits per heavy atom. The van der Waals surface area contributed by atoms with Crippen molar-refractivity contribution in [2.75, 3.05) is 13.2 Å². The van der Waals surface area contributed by atoms with Crippen molar-refractivity contribution in [2.24, 2.45) is 5.73 Å². The number of carbonyl (C=O) groups is 12. The van der Waals surface area contributed by atoms with E-state index < -0.39 is 184 Å². The summed E-state index contributed by atoms with van der Waals surface area (Å²) in [6.07, 6.45) is -6.07. The first kappa shape index (κ1) is 59.7. The van der Waals surface area contributed by atoms with Crippen molar-refractivity contribution in [1.29, 1.82) is 0 Å². The number of aliphatic hydroxyl groups excluding tert-OH is 2. The highest BCUT2D eigenvalue weighted by molar-refractivity contribution is 5.98. The van der Waals surface area contributed by atoms with Crippen molar-refractivity contribution < 1.29 is 103 Å².